The molecule has 6 nitrogen and oxygen atoms in total. The number of hydrogen-bond acceptors (Lipinski definition) is 4. The lowest BCUT2D eigenvalue weighted by Gasteiger charge is -2.13. The van der Waals surface area contributed by atoms with E-state index in [1.54, 1.807) is 28.8 Å². The van der Waals surface area contributed by atoms with Gasteiger partial charge in [-0.2, -0.15) is 0 Å². The van der Waals surface area contributed by atoms with E-state index >= 15 is 0 Å². The molecule has 25 heavy (non-hydrogen) atoms. The van der Waals surface area contributed by atoms with Crippen LogP contribution in [-0.4, -0.2) is 14.5 Å². The SMILES string of the molecule is CCCCc1nc2ccccc2c(=O)n1-c1ccc2[nH]c(=O)oc2c1. The summed E-state index contributed by atoms with van der Waals surface area (Å²) in [4.78, 5) is 31.8. The number of unbranched alkanes of at least 4 members (excludes halogenated alkanes) is 1. The average Bonchev–Trinajstić information content (AvgIpc) is 2.99. The number of para-hydroxylation sites is 1. The first-order valence-corrected chi connectivity index (χ1v) is 8.31. The molecule has 0 spiro atoms. The van der Waals surface area contributed by atoms with E-state index < -0.39 is 5.76 Å². The summed E-state index contributed by atoms with van der Waals surface area (Å²) >= 11 is 0. The molecule has 1 N–H and O–H groups in total. The first-order valence-electron chi connectivity index (χ1n) is 8.31. The van der Waals surface area contributed by atoms with Gasteiger partial charge in [0.2, 0.25) is 0 Å². The second-order valence-electron chi connectivity index (χ2n) is 5.98. The van der Waals surface area contributed by atoms with Crippen molar-refractivity contribution >= 4 is 22.0 Å². The average molecular weight is 335 g/mol. The highest BCUT2D eigenvalue weighted by Crippen LogP contribution is 2.18. The zero-order valence-electron chi connectivity index (χ0n) is 13.8. The van der Waals surface area contributed by atoms with E-state index in [1.807, 2.05) is 18.2 Å². The Balaban J connectivity index is 2.00. The number of oxazole rings is 1. The fourth-order valence-electron chi connectivity index (χ4n) is 3.02. The van der Waals surface area contributed by atoms with Gasteiger partial charge in [-0.15, -0.1) is 0 Å². The number of aromatic amines is 1. The molecule has 0 amide bonds. The fourth-order valence-corrected chi connectivity index (χ4v) is 3.02. The molecule has 4 aromatic rings. The Morgan fingerprint density at radius 3 is 2.84 bits per heavy atom. The van der Waals surface area contributed by atoms with Crippen LogP contribution in [0.5, 0.6) is 0 Å². The van der Waals surface area contributed by atoms with Crippen LogP contribution in [0, 0.1) is 0 Å². The highest BCUT2D eigenvalue weighted by atomic mass is 16.4. The summed E-state index contributed by atoms with van der Waals surface area (Å²) in [6.07, 6.45) is 2.65. The highest BCUT2D eigenvalue weighted by Gasteiger charge is 2.13. The van der Waals surface area contributed by atoms with Gasteiger partial charge < -0.3 is 4.42 Å². The second kappa shape index (κ2) is 6.05. The van der Waals surface area contributed by atoms with Gasteiger partial charge in [0.05, 0.1) is 22.1 Å². The molecular weight excluding hydrogens is 318 g/mol. The quantitative estimate of drug-likeness (QED) is 0.621. The number of fused-ring (bicyclic) bond motifs is 2. The number of aromatic nitrogens is 3. The van der Waals surface area contributed by atoms with Crippen molar-refractivity contribution in [2.24, 2.45) is 0 Å². The molecule has 126 valence electrons. The zero-order chi connectivity index (χ0) is 17.4. The first-order chi connectivity index (χ1) is 12.2. The lowest BCUT2D eigenvalue weighted by Crippen LogP contribution is -2.24. The van der Waals surface area contributed by atoms with Crippen LogP contribution in [0.15, 0.2) is 56.5 Å². The normalized spacial score (nSPS) is 11.4. The summed E-state index contributed by atoms with van der Waals surface area (Å²) in [6.45, 7) is 2.10. The zero-order valence-corrected chi connectivity index (χ0v) is 13.8. The van der Waals surface area contributed by atoms with Crippen LogP contribution >= 0.6 is 0 Å². The fraction of sp³-hybridized carbons (Fsp3) is 0.211. The van der Waals surface area contributed by atoms with Gasteiger partial charge in [-0.3, -0.25) is 14.3 Å². The Morgan fingerprint density at radius 1 is 1.16 bits per heavy atom. The minimum Gasteiger partial charge on any atom is -0.408 e. The molecule has 4 rings (SSSR count). The second-order valence-corrected chi connectivity index (χ2v) is 5.98. The Kier molecular flexibility index (Phi) is 3.72. The van der Waals surface area contributed by atoms with Crippen LogP contribution in [0.3, 0.4) is 0 Å². The van der Waals surface area contributed by atoms with Gasteiger partial charge >= 0.3 is 5.76 Å². The van der Waals surface area contributed by atoms with E-state index in [2.05, 4.69) is 11.9 Å². The molecule has 6 heteroatoms. The maximum atomic E-state index is 13.1. The number of H-pyrrole nitrogens is 1. The van der Waals surface area contributed by atoms with Crippen LogP contribution in [-0.2, 0) is 6.42 Å². The van der Waals surface area contributed by atoms with Gasteiger partial charge in [-0.05, 0) is 30.7 Å². The Bertz CT molecular complexity index is 1180. The molecule has 2 aromatic heterocycles. The van der Waals surface area contributed by atoms with E-state index in [9.17, 15) is 9.59 Å². The Morgan fingerprint density at radius 2 is 2.00 bits per heavy atom. The van der Waals surface area contributed by atoms with Crippen molar-refractivity contribution in [3.8, 4) is 5.69 Å². The Labute approximate surface area is 142 Å². The molecule has 0 aliphatic heterocycles. The molecule has 0 saturated carbocycles. The van der Waals surface area contributed by atoms with Gasteiger partial charge in [0, 0.05) is 12.5 Å². The summed E-state index contributed by atoms with van der Waals surface area (Å²) in [6, 6.07) is 12.6. The van der Waals surface area contributed by atoms with Crippen molar-refractivity contribution in [1.29, 1.82) is 0 Å². The van der Waals surface area contributed by atoms with E-state index in [0.29, 0.717) is 39.9 Å². The van der Waals surface area contributed by atoms with Crippen molar-refractivity contribution in [3.63, 3.8) is 0 Å². The maximum absolute atomic E-state index is 13.1. The summed E-state index contributed by atoms with van der Waals surface area (Å²) in [5.41, 5.74) is 2.25. The lowest BCUT2D eigenvalue weighted by atomic mass is 10.2. The van der Waals surface area contributed by atoms with E-state index in [0.717, 1.165) is 12.8 Å². The predicted octanol–water partition coefficient (Wildman–Crippen LogP) is 3.16. The summed E-state index contributed by atoms with van der Waals surface area (Å²) < 4.78 is 6.75. The Hall–Kier alpha value is -3.15. The smallest absolute Gasteiger partial charge is 0.408 e. The van der Waals surface area contributed by atoms with Crippen molar-refractivity contribution < 1.29 is 4.42 Å². The molecule has 2 aromatic carbocycles. The highest BCUT2D eigenvalue weighted by molar-refractivity contribution is 5.79. The van der Waals surface area contributed by atoms with Gasteiger partial charge in [0.15, 0.2) is 5.58 Å². The number of hydrogen-bond donors (Lipinski definition) is 1. The van der Waals surface area contributed by atoms with Crippen LogP contribution in [0.25, 0.3) is 27.7 Å². The van der Waals surface area contributed by atoms with E-state index in [-0.39, 0.29) is 5.56 Å². The van der Waals surface area contributed by atoms with Crippen molar-refractivity contribution in [3.05, 3.63) is 69.2 Å². The standard InChI is InChI=1S/C19H17N3O3/c1-2-3-8-17-20-14-7-5-4-6-13(14)18(23)22(17)12-9-10-15-16(11-12)25-19(24)21-15/h4-7,9-11H,2-3,8H2,1H3,(H,21,24). The van der Waals surface area contributed by atoms with Crippen LogP contribution < -0.4 is 11.3 Å². The molecular formula is C19H17N3O3. The molecule has 0 atom stereocenters. The van der Waals surface area contributed by atoms with Crippen LogP contribution in [0.4, 0.5) is 0 Å². The van der Waals surface area contributed by atoms with E-state index in [4.69, 9.17) is 9.40 Å². The maximum Gasteiger partial charge on any atom is 0.417 e. The third-order valence-corrected chi connectivity index (χ3v) is 4.26. The monoisotopic (exact) mass is 335 g/mol. The molecule has 0 bridgehead atoms. The van der Waals surface area contributed by atoms with Crippen LogP contribution in [0.1, 0.15) is 25.6 Å². The van der Waals surface area contributed by atoms with Gasteiger partial charge in [0.1, 0.15) is 5.82 Å². The molecule has 0 fully saturated rings. The van der Waals surface area contributed by atoms with Crippen molar-refractivity contribution in [2.45, 2.75) is 26.2 Å². The number of nitrogens with zero attached hydrogens (tertiary/aromatic N) is 2. The van der Waals surface area contributed by atoms with E-state index in [1.165, 1.54) is 0 Å². The van der Waals surface area contributed by atoms with Crippen LogP contribution in [0.2, 0.25) is 0 Å². The summed E-state index contributed by atoms with van der Waals surface area (Å²) in [7, 11) is 0. The largest absolute Gasteiger partial charge is 0.417 e. The van der Waals surface area contributed by atoms with Crippen molar-refractivity contribution in [1.82, 2.24) is 14.5 Å². The molecule has 0 aliphatic carbocycles. The van der Waals surface area contributed by atoms with Crippen molar-refractivity contribution in [2.75, 3.05) is 0 Å². The number of nitrogens with one attached hydrogen (secondary N) is 1. The number of benzene rings is 2. The first kappa shape index (κ1) is 15.4. The minimum atomic E-state index is -0.512. The minimum absolute atomic E-state index is 0.117. The third-order valence-electron chi connectivity index (χ3n) is 4.26. The third kappa shape index (κ3) is 2.65. The molecule has 0 saturated heterocycles. The molecule has 2 heterocycles. The van der Waals surface area contributed by atoms with Gasteiger partial charge in [-0.1, -0.05) is 25.5 Å². The molecule has 0 aliphatic rings. The lowest BCUT2D eigenvalue weighted by molar-refractivity contribution is 0.555. The topological polar surface area (TPSA) is 80.9 Å². The summed E-state index contributed by atoms with van der Waals surface area (Å²) in [5, 5.41) is 0.568. The van der Waals surface area contributed by atoms with Gasteiger partial charge in [-0.25, -0.2) is 9.78 Å². The van der Waals surface area contributed by atoms with Gasteiger partial charge in [0.25, 0.3) is 5.56 Å². The number of aryl methyl sites for hydroxylation is 1. The predicted molar refractivity (Wildman–Crippen MR) is 96.3 cm³/mol. The number of rotatable bonds is 4. The molecule has 0 radical (unpaired) electrons. The summed E-state index contributed by atoms with van der Waals surface area (Å²) in [5.74, 6) is 0.199. The molecule has 0 unspecified atom stereocenters.